The number of nitrogens with two attached hydrogens (primary N) is 1. The topological polar surface area (TPSA) is 62.5 Å². The highest BCUT2D eigenvalue weighted by Gasteiger charge is 2.22. The first-order chi connectivity index (χ1) is 9.41. The third kappa shape index (κ3) is 2.57. The van der Waals surface area contributed by atoms with Gasteiger partial charge in [-0.2, -0.15) is 0 Å². The number of rotatable bonds is 3. The highest BCUT2D eigenvalue weighted by molar-refractivity contribution is 7.18. The lowest BCUT2D eigenvalue weighted by atomic mass is 10.2. The number of amides is 1. The number of nitrogen functional groups attached to an aromatic ring is 1. The molecule has 106 valence electrons. The predicted octanol–water partition coefficient (Wildman–Crippen LogP) is 2.21. The lowest BCUT2D eigenvalue weighted by Crippen LogP contribution is -2.27. The van der Waals surface area contributed by atoms with Crippen molar-refractivity contribution in [3.05, 3.63) is 35.0 Å². The molecule has 20 heavy (non-hydrogen) atoms. The van der Waals surface area contributed by atoms with Gasteiger partial charge in [0, 0.05) is 21.1 Å². The lowest BCUT2D eigenvalue weighted by molar-refractivity contribution is 0.0996. The van der Waals surface area contributed by atoms with Crippen molar-refractivity contribution in [3.8, 4) is 0 Å². The van der Waals surface area contributed by atoms with Gasteiger partial charge in [-0.15, -0.1) is 0 Å². The number of benzene rings is 1. The number of anilines is 3. The summed E-state index contributed by atoms with van der Waals surface area (Å²) in [6, 6.07) is 6.09. The number of nitrogens with zero attached hydrogens (tertiary/aromatic N) is 3. The largest absolute Gasteiger partial charge is 0.382 e. The van der Waals surface area contributed by atoms with Crippen molar-refractivity contribution in [1.82, 2.24) is 4.98 Å². The van der Waals surface area contributed by atoms with Crippen molar-refractivity contribution < 1.29 is 9.18 Å². The summed E-state index contributed by atoms with van der Waals surface area (Å²) in [7, 11) is 5.13. The molecular formula is C13H15FN4OS. The van der Waals surface area contributed by atoms with Crippen LogP contribution in [0.1, 0.15) is 9.67 Å². The van der Waals surface area contributed by atoms with E-state index < -0.39 is 5.82 Å². The maximum Gasteiger partial charge on any atom is 0.272 e. The number of hydrogen-bond acceptors (Lipinski definition) is 5. The van der Waals surface area contributed by atoms with E-state index in [1.54, 1.807) is 17.0 Å². The maximum absolute atomic E-state index is 13.7. The molecule has 0 fully saturated rings. The molecule has 0 saturated carbocycles. The highest BCUT2D eigenvalue weighted by atomic mass is 32.1. The van der Waals surface area contributed by atoms with Gasteiger partial charge in [0.1, 0.15) is 16.5 Å². The molecule has 5 nitrogen and oxygen atoms in total. The highest BCUT2D eigenvalue weighted by Crippen LogP contribution is 2.29. The zero-order valence-corrected chi connectivity index (χ0v) is 12.2. The van der Waals surface area contributed by atoms with Crippen LogP contribution in [0.15, 0.2) is 24.3 Å². The Morgan fingerprint density at radius 3 is 2.50 bits per heavy atom. The van der Waals surface area contributed by atoms with E-state index in [0.29, 0.717) is 10.0 Å². The second-order valence-electron chi connectivity index (χ2n) is 4.42. The molecule has 0 atom stereocenters. The minimum Gasteiger partial charge on any atom is -0.382 e. The molecule has 2 aromatic rings. The summed E-state index contributed by atoms with van der Waals surface area (Å²) in [6.07, 6.45) is 0. The van der Waals surface area contributed by atoms with E-state index in [0.717, 1.165) is 0 Å². The van der Waals surface area contributed by atoms with Gasteiger partial charge in [0.25, 0.3) is 5.91 Å². The summed E-state index contributed by atoms with van der Waals surface area (Å²) < 4.78 is 13.7. The Kier molecular flexibility index (Phi) is 3.89. The molecule has 2 N–H and O–H groups in total. The summed E-state index contributed by atoms with van der Waals surface area (Å²) in [5.41, 5.74) is 5.97. The van der Waals surface area contributed by atoms with Gasteiger partial charge in [-0.1, -0.05) is 23.5 Å². The van der Waals surface area contributed by atoms with Gasteiger partial charge in [-0.3, -0.25) is 4.79 Å². The quantitative estimate of drug-likeness (QED) is 0.942. The fourth-order valence-electron chi connectivity index (χ4n) is 1.65. The van der Waals surface area contributed by atoms with E-state index in [1.807, 2.05) is 14.1 Å². The second-order valence-corrected chi connectivity index (χ2v) is 5.40. The number of carbonyl (C=O) groups is 1. The van der Waals surface area contributed by atoms with E-state index >= 15 is 0 Å². The maximum atomic E-state index is 13.7. The molecule has 0 aliphatic rings. The van der Waals surface area contributed by atoms with Crippen molar-refractivity contribution in [1.29, 1.82) is 0 Å². The van der Waals surface area contributed by atoms with Gasteiger partial charge in [0.05, 0.1) is 5.69 Å². The van der Waals surface area contributed by atoms with Crippen LogP contribution < -0.4 is 15.5 Å². The molecule has 1 heterocycles. The van der Waals surface area contributed by atoms with Crippen molar-refractivity contribution >= 4 is 33.9 Å². The molecule has 0 bridgehead atoms. The molecule has 7 heteroatoms. The van der Waals surface area contributed by atoms with Crippen LogP contribution in [0.25, 0.3) is 0 Å². The SMILES string of the molecule is CN(C)c1nc(N)c(C(=O)N(C)c2ccccc2F)s1. The Morgan fingerprint density at radius 1 is 1.30 bits per heavy atom. The number of halogens is 1. The van der Waals surface area contributed by atoms with Gasteiger partial charge in [-0.05, 0) is 12.1 Å². The number of aromatic nitrogens is 1. The third-order valence-electron chi connectivity index (χ3n) is 2.74. The van der Waals surface area contributed by atoms with Gasteiger partial charge in [0.15, 0.2) is 5.13 Å². The fourth-order valence-corrected chi connectivity index (χ4v) is 2.53. The van der Waals surface area contributed by atoms with Crippen LogP contribution in [0.4, 0.5) is 21.0 Å². The Balaban J connectivity index is 2.34. The van der Waals surface area contributed by atoms with Crippen molar-refractivity contribution in [2.75, 3.05) is 36.7 Å². The summed E-state index contributed by atoms with van der Waals surface area (Å²) in [4.78, 5) is 19.8. The van der Waals surface area contributed by atoms with Crippen LogP contribution in [-0.2, 0) is 0 Å². The molecule has 1 amide bonds. The first kappa shape index (κ1) is 14.3. The molecule has 1 aromatic heterocycles. The van der Waals surface area contributed by atoms with Crippen LogP contribution in [0.5, 0.6) is 0 Å². The van der Waals surface area contributed by atoms with Crippen LogP contribution in [0, 0.1) is 5.82 Å². The standard InChI is InChI=1S/C13H15FN4OS/c1-17(2)13-16-11(15)10(20-13)12(19)18(3)9-7-5-4-6-8(9)14/h4-7H,15H2,1-3H3. The van der Waals surface area contributed by atoms with Crippen LogP contribution in [0.2, 0.25) is 0 Å². The molecule has 0 aliphatic carbocycles. The molecule has 0 saturated heterocycles. The molecule has 0 unspecified atom stereocenters. The summed E-state index contributed by atoms with van der Waals surface area (Å²) in [6.45, 7) is 0. The number of para-hydroxylation sites is 1. The van der Waals surface area contributed by atoms with E-state index in [1.165, 1.54) is 35.4 Å². The van der Waals surface area contributed by atoms with Gasteiger partial charge < -0.3 is 15.5 Å². The minimum atomic E-state index is -0.459. The average Bonchev–Trinajstić information content (AvgIpc) is 2.80. The summed E-state index contributed by atoms with van der Waals surface area (Å²) in [5.74, 6) is -0.677. The minimum absolute atomic E-state index is 0.159. The Morgan fingerprint density at radius 2 is 1.95 bits per heavy atom. The van der Waals surface area contributed by atoms with Crippen molar-refractivity contribution in [2.24, 2.45) is 0 Å². The molecule has 0 radical (unpaired) electrons. The van der Waals surface area contributed by atoms with Gasteiger partial charge in [0.2, 0.25) is 0 Å². The number of hydrogen-bond donors (Lipinski definition) is 1. The predicted molar refractivity (Wildman–Crippen MR) is 80.0 cm³/mol. The molecule has 2 rings (SSSR count). The first-order valence-electron chi connectivity index (χ1n) is 5.88. The monoisotopic (exact) mass is 294 g/mol. The molecule has 1 aromatic carbocycles. The average molecular weight is 294 g/mol. The molecule has 0 aliphatic heterocycles. The zero-order chi connectivity index (χ0) is 14.9. The smallest absolute Gasteiger partial charge is 0.272 e. The van der Waals surface area contributed by atoms with Crippen LogP contribution in [-0.4, -0.2) is 32.0 Å². The van der Waals surface area contributed by atoms with Crippen LogP contribution >= 0.6 is 11.3 Å². The van der Waals surface area contributed by atoms with E-state index in [4.69, 9.17) is 5.73 Å². The molecule has 0 spiro atoms. The van der Waals surface area contributed by atoms with Crippen LogP contribution in [0.3, 0.4) is 0 Å². The lowest BCUT2D eigenvalue weighted by Gasteiger charge is -2.17. The fraction of sp³-hybridized carbons (Fsp3) is 0.231. The zero-order valence-electron chi connectivity index (χ0n) is 11.4. The van der Waals surface area contributed by atoms with E-state index in [-0.39, 0.29) is 17.4 Å². The first-order valence-corrected chi connectivity index (χ1v) is 6.69. The Labute approximate surface area is 120 Å². The summed E-state index contributed by atoms with van der Waals surface area (Å²) >= 11 is 1.18. The van der Waals surface area contributed by atoms with Crippen molar-refractivity contribution in [2.45, 2.75) is 0 Å². The van der Waals surface area contributed by atoms with Gasteiger partial charge in [-0.25, -0.2) is 9.37 Å². The number of thiazole rings is 1. The van der Waals surface area contributed by atoms with Crippen molar-refractivity contribution in [3.63, 3.8) is 0 Å². The second kappa shape index (κ2) is 5.46. The number of carbonyl (C=O) groups excluding carboxylic acids is 1. The van der Waals surface area contributed by atoms with E-state index in [9.17, 15) is 9.18 Å². The summed E-state index contributed by atoms with van der Waals surface area (Å²) in [5, 5.41) is 0.632. The Bertz CT molecular complexity index is 641. The van der Waals surface area contributed by atoms with E-state index in [2.05, 4.69) is 4.98 Å². The Hall–Kier alpha value is -2.15. The third-order valence-corrected chi connectivity index (χ3v) is 3.96. The van der Waals surface area contributed by atoms with Gasteiger partial charge >= 0.3 is 0 Å². The normalized spacial score (nSPS) is 10.4. The molecular weight excluding hydrogens is 279 g/mol.